The Morgan fingerprint density at radius 2 is 2.15 bits per heavy atom. The fourth-order valence-electron chi connectivity index (χ4n) is 2.14. The van der Waals surface area contributed by atoms with Gasteiger partial charge in [-0.1, -0.05) is 0 Å². The summed E-state index contributed by atoms with van der Waals surface area (Å²) < 4.78 is 3.88. The van der Waals surface area contributed by atoms with Crippen LogP contribution in [0.25, 0.3) is 11.0 Å². The minimum absolute atomic E-state index is 0.236. The summed E-state index contributed by atoms with van der Waals surface area (Å²) in [4.78, 5) is 15.2. The molecule has 7 heteroatoms. The Hall–Kier alpha value is -2.70. The van der Waals surface area contributed by atoms with E-state index in [-0.39, 0.29) is 5.56 Å². The number of benzene rings is 1. The molecule has 1 aromatic carbocycles. The molecule has 2 heterocycles. The fourth-order valence-corrected chi connectivity index (χ4v) is 2.14. The van der Waals surface area contributed by atoms with Crippen molar-refractivity contribution in [1.29, 1.82) is 0 Å². The predicted molar refractivity (Wildman–Crippen MR) is 71.5 cm³/mol. The second kappa shape index (κ2) is 4.76. The zero-order valence-electron chi connectivity index (χ0n) is 10.9. The van der Waals surface area contributed by atoms with Gasteiger partial charge in [-0.2, -0.15) is 0 Å². The third-order valence-corrected chi connectivity index (χ3v) is 3.22. The first-order valence-corrected chi connectivity index (χ1v) is 6.24. The van der Waals surface area contributed by atoms with Crippen LogP contribution in [0.2, 0.25) is 0 Å². The normalized spacial score (nSPS) is 11.1. The maximum atomic E-state index is 10.9. The fraction of sp³-hybridized carbons (Fsp3) is 0.231. The number of aromatic carboxylic acids is 1. The van der Waals surface area contributed by atoms with Crippen molar-refractivity contribution in [2.24, 2.45) is 0 Å². The minimum Gasteiger partial charge on any atom is -0.478 e. The summed E-state index contributed by atoms with van der Waals surface area (Å²) >= 11 is 0. The average molecular weight is 271 g/mol. The van der Waals surface area contributed by atoms with Crippen LogP contribution >= 0.6 is 0 Å². The molecular weight excluding hydrogens is 258 g/mol. The highest BCUT2D eigenvalue weighted by Crippen LogP contribution is 2.16. The number of aryl methyl sites for hydroxylation is 1. The lowest BCUT2D eigenvalue weighted by Crippen LogP contribution is -2.06. The van der Waals surface area contributed by atoms with Crippen molar-refractivity contribution in [3.8, 4) is 0 Å². The van der Waals surface area contributed by atoms with Crippen LogP contribution in [0.1, 0.15) is 23.1 Å². The molecule has 0 aliphatic heterocycles. The summed E-state index contributed by atoms with van der Waals surface area (Å²) in [7, 11) is 0. The lowest BCUT2D eigenvalue weighted by Gasteiger charge is -2.05. The molecule has 0 unspecified atom stereocenters. The second-order valence-electron chi connectivity index (χ2n) is 4.41. The van der Waals surface area contributed by atoms with Crippen LogP contribution in [0, 0.1) is 0 Å². The molecule has 0 fully saturated rings. The Kier molecular flexibility index (Phi) is 2.94. The van der Waals surface area contributed by atoms with Crippen LogP contribution < -0.4 is 0 Å². The van der Waals surface area contributed by atoms with Gasteiger partial charge < -0.3 is 14.2 Å². The van der Waals surface area contributed by atoms with Crippen molar-refractivity contribution >= 4 is 17.0 Å². The lowest BCUT2D eigenvalue weighted by atomic mass is 10.2. The highest BCUT2D eigenvalue weighted by atomic mass is 16.4. The number of carbonyl (C=O) groups is 1. The first kappa shape index (κ1) is 12.3. The van der Waals surface area contributed by atoms with Crippen molar-refractivity contribution in [3.63, 3.8) is 0 Å². The van der Waals surface area contributed by atoms with Gasteiger partial charge >= 0.3 is 5.97 Å². The zero-order valence-corrected chi connectivity index (χ0v) is 10.9. The number of aromatic nitrogens is 5. The Balaban J connectivity index is 1.99. The quantitative estimate of drug-likeness (QED) is 0.775. The van der Waals surface area contributed by atoms with E-state index in [1.807, 2.05) is 16.1 Å². The van der Waals surface area contributed by atoms with Crippen molar-refractivity contribution in [2.75, 3.05) is 0 Å². The molecule has 1 N–H and O–H groups in total. The van der Waals surface area contributed by atoms with Gasteiger partial charge in [-0.25, -0.2) is 9.78 Å². The van der Waals surface area contributed by atoms with Gasteiger partial charge in [-0.05, 0) is 25.1 Å². The van der Waals surface area contributed by atoms with Crippen LogP contribution in [0.5, 0.6) is 0 Å². The van der Waals surface area contributed by atoms with Gasteiger partial charge in [0.05, 0.1) is 29.5 Å². The van der Waals surface area contributed by atoms with E-state index < -0.39 is 5.97 Å². The van der Waals surface area contributed by atoms with Crippen LogP contribution in [0.15, 0.2) is 30.9 Å². The second-order valence-corrected chi connectivity index (χ2v) is 4.41. The first-order chi connectivity index (χ1) is 9.69. The molecule has 102 valence electrons. The molecule has 0 bridgehead atoms. The summed E-state index contributed by atoms with van der Waals surface area (Å²) in [6.07, 6.45) is 3.38. The van der Waals surface area contributed by atoms with E-state index in [1.54, 1.807) is 30.9 Å². The van der Waals surface area contributed by atoms with E-state index in [9.17, 15) is 4.79 Å². The standard InChI is InChI=1S/C13H13N5O2/c1-2-17-8-15-16-12(17)6-18-7-14-10-5-9(13(19)20)3-4-11(10)18/h3-5,7-8H,2,6H2,1H3,(H,19,20). The van der Waals surface area contributed by atoms with Crippen molar-refractivity contribution < 1.29 is 9.90 Å². The highest BCUT2D eigenvalue weighted by molar-refractivity contribution is 5.92. The number of hydrogen-bond donors (Lipinski definition) is 1. The van der Waals surface area contributed by atoms with Crippen molar-refractivity contribution in [3.05, 3.63) is 42.2 Å². The Labute approximate surface area is 114 Å². The molecule has 20 heavy (non-hydrogen) atoms. The van der Waals surface area contributed by atoms with Crippen LogP contribution in [0.3, 0.4) is 0 Å². The largest absolute Gasteiger partial charge is 0.478 e. The smallest absolute Gasteiger partial charge is 0.335 e. The van der Waals surface area contributed by atoms with Gasteiger partial charge in [0.2, 0.25) is 0 Å². The van der Waals surface area contributed by atoms with Crippen molar-refractivity contribution in [1.82, 2.24) is 24.3 Å². The number of fused-ring (bicyclic) bond motifs is 1. The monoisotopic (exact) mass is 271 g/mol. The Morgan fingerprint density at radius 3 is 2.90 bits per heavy atom. The molecule has 0 aliphatic rings. The molecule has 7 nitrogen and oxygen atoms in total. The molecule has 0 saturated carbocycles. The van der Waals surface area contributed by atoms with Gasteiger partial charge in [0.25, 0.3) is 0 Å². The average Bonchev–Trinajstić information content (AvgIpc) is 3.05. The van der Waals surface area contributed by atoms with Gasteiger partial charge in [-0.3, -0.25) is 0 Å². The maximum absolute atomic E-state index is 10.9. The topological polar surface area (TPSA) is 85.8 Å². The van der Waals surface area contributed by atoms with Gasteiger partial charge in [0, 0.05) is 6.54 Å². The van der Waals surface area contributed by atoms with Crippen LogP contribution in [-0.2, 0) is 13.1 Å². The number of nitrogens with zero attached hydrogens (tertiary/aromatic N) is 5. The zero-order chi connectivity index (χ0) is 14.1. The Morgan fingerprint density at radius 1 is 1.30 bits per heavy atom. The summed E-state index contributed by atoms with van der Waals surface area (Å²) in [5, 5.41) is 16.9. The van der Waals surface area contributed by atoms with E-state index in [4.69, 9.17) is 5.11 Å². The first-order valence-electron chi connectivity index (χ1n) is 6.24. The molecule has 3 aromatic rings. The van der Waals surface area contributed by atoms with Gasteiger partial charge in [0.15, 0.2) is 5.82 Å². The lowest BCUT2D eigenvalue weighted by molar-refractivity contribution is 0.0697. The van der Waals surface area contributed by atoms with E-state index >= 15 is 0 Å². The molecule has 0 radical (unpaired) electrons. The molecular formula is C13H13N5O2. The summed E-state index contributed by atoms with van der Waals surface area (Å²) in [5.41, 5.74) is 1.77. The van der Waals surface area contributed by atoms with Gasteiger partial charge in [-0.15, -0.1) is 10.2 Å². The molecule has 0 amide bonds. The number of hydrogen-bond acceptors (Lipinski definition) is 4. The summed E-state index contributed by atoms with van der Waals surface area (Å²) in [6, 6.07) is 4.91. The van der Waals surface area contributed by atoms with Crippen LogP contribution in [-0.4, -0.2) is 35.4 Å². The summed E-state index contributed by atoms with van der Waals surface area (Å²) in [6.45, 7) is 3.38. The molecule has 2 aromatic heterocycles. The number of rotatable bonds is 4. The third-order valence-electron chi connectivity index (χ3n) is 3.22. The number of carboxylic acids is 1. The molecule has 0 aliphatic carbocycles. The molecule has 3 rings (SSSR count). The number of imidazole rings is 1. The molecule has 0 saturated heterocycles. The highest BCUT2D eigenvalue weighted by Gasteiger charge is 2.10. The Bertz CT molecular complexity index is 774. The van der Waals surface area contributed by atoms with E-state index in [0.717, 1.165) is 17.9 Å². The maximum Gasteiger partial charge on any atom is 0.335 e. The van der Waals surface area contributed by atoms with E-state index in [1.165, 1.54) is 0 Å². The minimum atomic E-state index is -0.952. The SMILES string of the molecule is CCn1cnnc1Cn1cnc2cc(C(=O)O)ccc21. The summed E-state index contributed by atoms with van der Waals surface area (Å²) in [5.74, 6) is -0.110. The van der Waals surface area contributed by atoms with E-state index in [0.29, 0.717) is 12.1 Å². The van der Waals surface area contributed by atoms with Crippen molar-refractivity contribution in [2.45, 2.75) is 20.0 Å². The van der Waals surface area contributed by atoms with Gasteiger partial charge in [0.1, 0.15) is 6.33 Å². The third kappa shape index (κ3) is 2.03. The molecule has 0 spiro atoms. The predicted octanol–water partition coefficient (Wildman–Crippen LogP) is 1.39. The molecule has 0 atom stereocenters. The van der Waals surface area contributed by atoms with E-state index in [2.05, 4.69) is 15.2 Å². The van der Waals surface area contributed by atoms with Crippen LogP contribution in [0.4, 0.5) is 0 Å². The number of carboxylic acid groups (broad SMARTS) is 1.